The molecule has 2 heteroatoms. The Labute approximate surface area is 133 Å². The van der Waals surface area contributed by atoms with Gasteiger partial charge in [0.1, 0.15) is 0 Å². The van der Waals surface area contributed by atoms with E-state index in [0.29, 0.717) is 0 Å². The molecule has 112 valence electrons. The highest BCUT2D eigenvalue weighted by Gasteiger charge is 2.13. The molecule has 0 aliphatic carbocycles. The molecule has 0 spiro atoms. The Morgan fingerprint density at radius 2 is 1.48 bits per heavy atom. The average molecular weight is 299 g/mol. The minimum Gasteiger partial charge on any atom is -0.323 e. The lowest BCUT2D eigenvalue weighted by Crippen LogP contribution is -2.16. The summed E-state index contributed by atoms with van der Waals surface area (Å²) in [4.78, 5) is 1.34. The first-order valence-electron chi connectivity index (χ1n) is 7.42. The number of rotatable bonds is 4. The molecule has 0 bridgehead atoms. The Kier molecular flexibility index (Phi) is 5.13. The van der Waals surface area contributed by atoms with Crippen LogP contribution in [0.4, 0.5) is 0 Å². The molecule has 0 amide bonds. The van der Waals surface area contributed by atoms with Gasteiger partial charge in [-0.05, 0) is 62.9 Å². The zero-order valence-electron chi connectivity index (χ0n) is 13.7. The van der Waals surface area contributed by atoms with Gasteiger partial charge in [0, 0.05) is 16.7 Å². The highest BCUT2D eigenvalue weighted by atomic mass is 32.2. The lowest BCUT2D eigenvalue weighted by atomic mass is 9.95. The number of aryl methyl sites for hydroxylation is 5. The monoisotopic (exact) mass is 299 g/mol. The fourth-order valence-electron chi connectivity index (χ4n) is 2.90. The van der Waals surface area contributed by atoms with Crippen LogP contribution in [0.2, 0.25) is 0 Å². The van der Waals surface area contributed by atoms with E-state index in [1.165, 1.54) is 38.3 Å². The maximum atomic E-state index is 6.46. The SMILES string of the molecule is Cc1cc(C)c(C(N)CSc2cc(C)ccc2C)c(C)c1. The van der Waals surface area contributed by atoms with Gasteiger partial charge < -0.3 is 5.73 Å². The highest BCUT2D eigenvalue weighted by Crippen LogP contribution is 2.30. The summed E-state index contributed by atoms with van der Waals surface area (Å²) in [5.41, 5.74) is 14.3. The molecule has 1 unspecified atom stereocenters. The zero-order valence-corrected chi connectivity index (χ0v) is 14.5. The molecule has 1 atom stereocenters. The van der Waals surface area contributed by atoms with Crippen molar-refractivity contribution in [2.24, 2.45) is 5.73 Å². The van der Waals surface area contributed by atoms with Crippen molar-refractivity contribution in [3.05, 3.63) is 63.7 Å². The Balaban J connectivity index is 2.15. The maximum Gasteiger partial charge on any atom is 0.0395 e. The van der Waals surface area contributed by atoms with Crippen LogP contribution in [-0.2, 0) is 0 Å². The zero-order chi connectivity index (χ0) is 15.6. The standard InChI is InChI=1S/C19H25NS/c1-12-6-7-14(3)18(10-12)21-11-17(20)19-15(4)8-13(2)9-16(19)5/h6-10,17H,11,20H2,1-5H3. The van der Waals surface area contributed by atoms with E-state index in [4.69, 9.17) is 5.73 Å². The molecule has 21 heavy (non-hydrogen) atoms. The Morgan fingerprint density at radius 3 is 2.10 bits per heavy atom. The third-order valence-electron chi connectivity index (χ3n) is 3.87. The second-order valence-corrected chi connectivity index (χ2v) is 7.06. The number of hydrogen-bond donors (Lipinski definition) is 1. The van der Waals surface area contributed by atoms with Crippen molar-refractivity contribution >= 4 is 11.8 Å². The van der Waals surface area contributed by atoms with Crippen LogP contribution < -0.4 is 5.73 Å². The van der Waals surface area contributed by atoms with Crippen molar-refractivity contribution in [1.29, 1.82) is 0 Å². The van der Waals surface area contributed by atoms with Crippen LogP contribution in [-0.4, -0.2) is 5.75 Å². The Hall–Kier alpha value is -1.25. The van der Waals surface area contributed by atoms with Gasteiger partial charge in [-0.25, -0.2) is 0 Å². The van der Waals surface area contributed by atoms with Gasteiger partial charge in [0.05, 0.1) is 0 Å². The van der Waals surface area contributed by atoms with Crippen molar-refractivity contribution in [3.8, 4) is 0 Å². The summed E-state index contributed by atoms with van der Waals surface area (Å²) in [5.74, 6) is 0.912. The predicted octanol–water partition coefficient (Wildman–Crippen LogP) is 5.02. The van der Waals surface area contributed by atoms with E-state index in [0.717, 1.165) is 5.75 Å². The van der Waals surface area contributed by atoms with E-state index in [1.54, 1.807) is 0 Å². The van der Waals surface area contributed by atoms with Crippen LogP contribution in [0.3, 0.4) is 0 Å². The molecule has 2 aromatic carbocycles. The van der Waals surface area contributed by atoms with Gasteiger partial charge in [0.2, 0.25) is 0 Å². The van der Waals surface area contributed by atoms with Crippen LogP contribution in [0.5, 0.6) is 0 Å². The lowest BCUT2D eigenvalue weighted by molar-refractivity contribution is 0.812. The molecule has 1 nitrogen and oxygen atoms in total. The molecule has 0 saturated carbocycles. The van der Waals surface area contributed by atoms with E-state index >= 15 is 0 Å². The van der Waals surface area contributed by atoms with Gasteiger partial charge in [0.25, 0.3) is 0 Å². The van der Waals surface area contributed by atoms with Crippen LogP contribution in [0.1, 0.15) is 39.4 Å². The second kappa shape index (κ2) is 6.67. The van der Waals surface area contributed by atoms with Gasteiger partial charge in [-0.15, -0.1) is 11.8 Å². The molecule has 0 heterocycles. The summed E-state index contributed by atoms with van der Waals surface area (Å²) < 4.78 is 0. The first kappa shape index (κ1) is 16.1. The Morgan fingerprint density at radius 1 is 0.857 bits per heavy atom. The molecule has 2 rings (SSSR count). The summed E-state index contributed by atoms with van der Waals surface area (Å²) in [6.07, 6.45) is 0. The first-order chi connectivity index (χ1) is 9.88. The van der Waals surface area contributed by atoms with Crippen LogP contribution in [0.15, 0.2) is 35.2 Å². The summed E-state index contributed by atoms with van der Waals surface area (Å²) in [5, 5.41) is 0. The van der Waals surface area contributed by atoms with E-state index in [9.17, 15) is 0 Å². The van der Waals surface area contributed by atoms with Crippen LogP contribution >= 0.6 is 11.8 Å². The second-order valence-electron chi connectivity index (χ2n) is 6.00. The lowest BCUT2D eigenvalue weighted by Gasteiger charge is -2.19. The van der Waals surface area contributed by atoms with Crippen molar-refractivity contribution < 1.29 is 0 Å². The van der Waals surface area contributed by atoms with Crippen molar-refractivity contribution in [1.82, 2.24) is 0 Å². The molecule has 0 saturated heterocycles. The third kappa shape index (κ3) is 3.90. The van der Waals surface area contributed by atoms with E-state index in [-0.39, 0.29) is 6.04 Å². The fourth-order valence-corrected chi connectivity index (χ4v) is 3.99. The van der Waals surface area contributed by atoms with Gasteiger partial charge in [0.15, 0.2) is 0 Å². The predicted molar refractivity (Wildman–Crippen MR) is 94.2 cm³/mol. The molecule has 2 N–H and O–H groups in total. The number of benzene rings is 2. The number of thioether (sulfide) groups is 1. The average Bonchev–Trinajstić information content (AvgIpc) is 2.38. The van der Waals surface area contributed by atoms with Gasteiger partial charge in [-0.3, -0.25) is 0 Å². The maximum absolute atomic E-state index is 6.46. The minimum absolute atomic E-state index is 0.0792. The van der Waals surface area contributed by atoms with Crippen molar-refractivity contribution in [3.63, 3.8) is 0 Å². The summed E-state index contributed by atoms with van der Waals surface area (Å²) in [6, 6.07) is 11.1. The summed E-state index contributed by atoms with van der Waals surface area (Å²) >= 11 is 1.86. The highest BCUT2D eigenvalue weighted by molar-refractivity contribution is 7.99. The van der Waals surface area contributed by atoms with E-state index in [1.807, 2.05) is 11.8 Å². The van der Waals surface area contributed by atoms with Crippen molar-refractivity contribution in [2.45, 2.75) is 45.6 Å². The molecule has 0 aliphatic heterocycles. The summed E-state index contributed by atoms with van der Waals surface area (Å²) in [7, 11) is 0. The van der Waals surface area contributed by atoms with Gasteiger partial charge >= 0.3 is 0 Å². The largest absolute Gasteiger partial charge is 0.323 e. The van der Waals surface area contributed by atoms with Crippen LogP contribution in [0, 0.1) is 34.6 Å². The molecule has 0 aromatic heterocycles. The molecular formula is C19H25NS. The van der Waals surface area contributed by atoms with Gasteiger partial charge in [-0.2, -0.15) is 0 Å². The first-order valence-corrected chi connectivity index (χ1v) is 8.40. The van der Waals surface area contributed by atoms with E-state index in [2.05, 4.69) is 65.0 Å². The number of hydrogen-bond acceptors (Lipinski definition) is 2. The fraction of sp³-hybridized carbons (Fsp3) is 0.368. The topological polar surface area (TPSA) is 26.0 Å². The molecule has 0 fully saturated rings. The minimum atomic E-state index is 0.0792. The van der Waals surface area contributed by atoms with E-state index < -0.39 is 0 Å². The molecular weight excluding hydrogens is 274 g/mol. The van der Waals surface area contributed by atoms with Crippen LogP contribution in [0.25, 0.3) is 0 Å². The molecule has 2 aromatic rings. The number of nitrogens with two attached hydrogens (primary N) is 1. The van der Waals surface area contributed by atoms with Gasteiger partial charge in [-0.1, -0.05) is 35.4 Å². The molecule has 0 radical (unpaired) electrons. The third-order valence-corrected chi connectivity index (χ3v) is 5.15. The molecule has 0 aliphatic rings. The quantitative estimate of drug-likeness (QED) is 0.802. The van der Waals surface area contributed by atoms with Crippen molar-refractivity contribution in [2.75, 3.05) is 5.75 Å². The smallest absolute Gasteiger partial charge is 0.0395 e. The summed E-state index contributed by atoms with van der Waals surface area (Å²) in [6.45, 7) is 10.8. The Bertz CT molecular complexity index is 623. The normalized spacial score (nSPS) is 12.5.